The van der Waals surface area contributed by atoms with E-state index in [-0.39, 0.29) is 23.5 Å². The van der Waals surface area contributed by atoms with Crippen LogP contribution in [0.25, 0.3) is 11.3 Å². The number of amides is 2. The summed E-state index contributed by atoms with van der Waals surface area (Å²) in [5.74, 6) is 0.943. The van der Waals surface area contributed by atoms with E-state index in [2.05, 4.69) is 41.2 Å². The van der Waals surface area contributed by atoms with Crippen molar-refractivity contribution in [1.82, 2.24) is 19.9 Å². The van der Waals surface area contributed by atoms with Gasteiger partial charge in [-0.05, 0) is 36.4 Å². The van der Waals surface area contributed by atoms with Gasteiger partial charge in [-0.2, -0.15) is 15.0 Å². The summed E-state index contributed by atoms with van der Waals surface area (Å²) in [7, 11) is 1.58. The number of hydrogen-bond acceptors (Lipinski definition) is 11. The number of thiazole rings is 1. The Labute approximate surface area is 231 Å². The van der Waals surface area contributed by atoms with Gasteiger partial charge < -0.3 is 15.4 Å². The number of nitrogens with zero attached hydrogens (tertiary/aromatic N) is 5. The van der Waals surface area contributed by atoms with Gasteiger partial charge in [0.05, 0.1) is 17.7 Å². The quantitative estimate of drug-likeness (QED) is 0.124. The second-order valence-electron chi connectivity index (χ2n) is 8.07. The molecule has 5 rings (SSSR count). The lowest BCUT2D eigenvalue weighted by Gasteiger charge is -2.11. The van der Waals surface area contributed by atoms with Crippen molar-refractivity contribution in [3.05, 3.63) is 94.4 Å². The molecule has 2 heterocycles. The second-order valence-corrected chi connectivity index (χ2v) is 8.93. The zero-order valence-corrected chi connectivity index (χ0v) is 21.7. The Hall–Kier alpha value is -5.63. The van der Waals surface area contributed by atoms with Crippen molar-refractivity contribution in [3.8, 4) is 17.0 Å². The lowest BCUT2D eigenvalue weighted by molar-refractivity contribution is -0.384. The Morgan fingerprint density at radius 2 is 1.45 bits per heavy atom. The number of hydrogen-bond donors (Lipinski definition) is 4. The van der Waals surface area contributed by atoms with Crippen molar-refractivity contribution >= 4 is 57.4 Å². The fourth-order valence-corrected chi connectivity index (χ4v) is 4.16. The Morgan fingerprint density at radius 1 is 0.800 bits per heavy atom. The average molecular weight is 556 g/mol. The highest BCUT2D eigenvalue weighted by Crippen LogP contribution is 2.27. The molecule has 13 nitrogen and oxygen atoms in total. The number of rotatable bonds is 9. The molecule has 0 aliphatic carbocycles. The standard InChI is InChI=1S/C26H21N9O4S/c1-39-20-13-9-17(10-14-20)27-22-30-23(33-25(36)28-18-7-11-19(12-8-18)35(37)38)32-24(31-22)34-26-29-21(15-40-26)16-5-3-2-4-6-16/h2-15H,1H3,(H4,27,28,29,30,31,32,33,34,36). The Kier molecular flexibility index (Phi) is 7.69. The fourth-order valence-electron chi connectivity index (χ4n) is 3.45. The summed E-state index contributed by atoms with van der Waals surface area (Å²) in [6.07, 6.45) is 0. The SMILES string of the molecule is COc1ccc(Nc2nc(NC(=O)Nc3ccc([N+](=O)[O-])cc3)nc(Nc3nc(-c4ccccc4)cs3)n2)cc1. The number of aromatic nitrogens is 4. The molecule has 0 aliphatic heterocycles. The lowest BCUT2D eigenvalue weighted by Crippen LogP contribution is -2.21. The molecule has 0 unspecified atom stereocenters. The molecule has 3 aromatic carbocycles. The minimum atomic E-state index is -0.651. The Bertz CT molecular complexity index is 1630. The molecule has 5 aromatic rings. The van der Waals surface area contributed by atoms with Crippen LogP contribution in [0.2, 0.25) is 0 Å². The number of methoxy groups -OCH3 is 1. The first-order valence-corrected chi connectivity index (χ1v) is 12.6. The van der Waals surface area contributed by atoms with Crippen molar-refractivity contribution in [1.29, 1.82) is 0 Å². The number of ether oxygens (including phenoxy) is 1. The van der Waals surface area contributed by atoms with Crippen LogP contribution in [0.4, 0.5) is 44.8 Å². The van der Waals surface area contributed by atoms with Crippen molar-refractivity contribution < 1.29 is 14.5 Å². The lowest BCUT2D eigenvalue weighted by atomic mass is 10.2. The second kappa shape index (κ2) is 11.8. The monoisotopic (exact) mass is 555 g/mol. The zero-order chi connectivity index (χ0) is 27.9. The van der Waals surface area contributed by atoms with E-state index in [0.29, 0.717) is 22.3 Å². The van der Waals surface area contributed by atoms with E-state index < -0.39 is 11.0 Å². The predicted molar refractivity (Wildman–Crippen MR) is 153 cm³/mol. The van der Waals surface area contributed by atoms with Gasteiger partial charge in [0.1, 0.15) is 5.75 Å². The van der Waals surface area contributed by atoms with Crippen LogP contribution in [-0.4, -0.2) is 38.0 Å². The van der Waals surface area contributed by atoms with Crippen LogP contribution in [0.3, 0.4) is 0 Å². The maximum atomic E-state index is 12.6. The summed E-state index contributed by atoms with van der Waals surface area (Å²) >= 11 is 1.37. The third-order valence-corrected chi connectivity index (χ3v) is 6.09. The molecule has 2 amide bonds. The Morgan fingerprint density at radius 3 is 2.12 bits per heavy atom. The van der Waals surface area contributed by atoms with Gasteiger partial charge in [-0.3, -0.25) is 20.7 Å². The highest BCUT2D eigenvalue weighted by molar-refractivity contribution is 7.14. The normalized spacial score (nSPS) is 10.4. The van der Waals surface area contributed by atoms with Crippen LogP contribution in [-0.2, 0) is 0 Å². The molecule has 4 N–H and O–H groups in total. The topological polar surface area (TPSA) is 169 Å². The molecular weight excluding hydrogens is 534 g/mol. The van der Waals surface area contributed by atoms with Gasteiger partial charge >= 0.3 is 6.03 Å². The smallest absolute Gasteiger partial charge is 0.326 e. The fraction of sp³-hybridized carbons (Fsp3) is 0.0385. The van der Waals surface area contributed by atoms with E-state index in [1.54, 1.807) is 31.4 Å². The van der Waals surface area contributed by atoms with Crippen molar-refractivity contribution in [3.63, 3.8) is 0 Å². The molecule has 0 atom stereocenters. The number of nitro groups is 1. The molecule has 0 spiro atoms. The maximum Gasteiger partial charge on any atom is 0.326 e. The van der Waals surface area contributed by atoms with Gasteiger partial charge in [-0.25, -0.2) is 9.78 Å². The largest absolute Gasteiger partial charge is 0.497 e. The molecule has 0 saturated carbocycles. The number of nitrogens with one attached hydrogen (secondary N) is 4. The van der Waals surface area contributed by atoms with Gasteiger partial charge in [-0.1, -0.05) is 30.3 Å². The van der Waals surface area contributed by atoms with Crippen LogP contribution in [0.1, 0.15) is 0 Å². The van der Waals surface area contributed by atoms with Crippen LogP contribution >= 0.6 is 11.3 Å². The van der Waals surface area contributed by atoms with Gasteiger partial charge in [-0.15, -0.1) is 11.3 Å². The van der Waals surface area contributed by atoms with E-state index in [4.69, 9.17) is 4.74 Å². The molecule has 2 aromatic heterocycles. The van der Waals surface area contributed by atoms with Crippen molar-refractivity contribution in [2.75, 3.05) is 28.4 Å². The number of carbonyl (C=O) groups is 1. The van der Waals surface area contributed by atoms with Gasteiger partial charge in [0, 0.05) is 34.5 Å². The van der Waals surface area contributed by atoms with Crippen LogP contribution in [0, 0.1) is 10.1 Å². The minimum absolute atomic E-state index is 0.0484. The maximum absolute atomic E-state index is 12.6. The van der Waals surface area contributed by atoms with Crippen molar-refractivity contribution in [2.45, 2.75) is 0 Å². The molecule has 200 valence electrons. The number of carbonyl (C=O) groups excluding carboxylic acids is 1. The third kappa shape index (κ3) is 6.62. The first-order valence-electron chi connectivity index (χ1n) is 11.7. The number of anilines is 6. The average Bonchev–Trinajstić information content (AvgIpc) is 3.42. The summed E-state index contributed by atoms with van der Waals surface area (Å²) in [6.45, 7) is 0. The van der Waals surface area contributed by atoms with Crippen LogP contribution in [0.15, 0.2) is 84.2 Å². The summed E-state index contributed by atoms with van der Waals surface area (Å²) in [5.41, 5.74) is 2.70. The molecule has 0 radical (unpaired) electrons. The van der Waals surface area contributed by atoms with Gasteiger partial charge in [0.2, 0.25) is 17.8 Å². The number of urea groups is 1. The zero-order valence-electron chi connectivity index (χ0n) is 20.9. The molecule has 14 heteroatoms. The van der Waals surface area contributed by atoms with Crippen LogP contribution < -0.4 is 26.0 Å². The number of non-ortho nitro benzene ring substituents is 1. The molecule has 0 saturated heterocycles. The Balaban J connectivity index is 1.36. The van der Waals surface area contributed by atoms with Crippen molar-refractivity contribution in [2.24, 2.45) is 0 Å². The first kappa shape index (κ1) is 26.0. The first-order chi connectivity index (χ1) is 19.4. The number of nitro benzene ring substituents is 1. The summed E-state index contributed by atoms with van der Waals surface area (Å²) in [5, 5.41) is 24.6. The highest BCUT2D eigenvalue weighted by Gasteiger charge is 2.13. The molecule has 40 heavy (non-hydrogen) atoms. The molecule has 0 aliphatic rings. The summed E-state index contributed by atoms with van der Waals surface area (Å²) in [4.78, 5) is 40.6. The summed E-state index contributed by atoms with van der Waals surface area (Å²) < 4.78 is 5.20. The van der Waals surface area contributed by atoms with E-state index >= 15 is 0 Å². The van der Waals surface area contributed by atoms with E-state index in [1.807, 2.05) is 35.7 Å². The third-order valence-electron chi connectivity index (χ3n) is 5.34. The minimum Gasteiger partial charge on any atom is -0.497 e. The summed E-state index contributed by atoms with van der Waals surface area (Å²) in [6, 6.07) is 21.6. The van der Waals surface area contributed by atoms with E-state index in [9.17, 15) is 14.9 Å². The highest BCUT2D eigenvalue weighted by atomic mass is 32.1. The van der Waals surface area contributed by atoms with Crippen LogP contribution in [0.5, 0.6) is 5.75 Å². The molecular formula is C26H21N9O4S. The van der Waals surface area contributed by atoms with Gasteiger partial charge in [0.25, 0.3) is 5.69 Å². The number of benzene rings is 3. The predicted octanol–water partition coefficient (Wildman–Crippen LogP) is 6.04. The van der Waals surface area contributed by atoms with Gasteiger partial charge in [0.15, 0.2) is 5.13 Å². The van der Waals surface area contributed by atoms with E-state index in [0.717, 1.165) is 11.3 Å². The van der Waals surface area contributed by atoms with E-state index in [1.165, 1.54) is 35.6 Å². The molecule has 0 bridgehead atoms. The molecule has 0 fully saturated rings.